The first-order chi connectivity index (χ1) is 12.4. The average molecular weight is 370 g/mol. The van der Waals surface area contributed by atoms with Crippen LogP contribution in [0.2, 0.25) is 5.02 Å². The zero-order chi connectivity index (χ0) is 18.7. The Balaban J connectivity index is 1.83. The molecule has 0 bridgehead atoms. The van der Waals surface area contributed by atoms with E-state index in [4.69, 9.17) is 16.3 Å². The fourth-order valence-electron chi connectivity index (χ4n) is 3.09. The van der Waals surface area contributed by atoms with Gasteiger partial charge in [0.15, 0.2) is 0 Å². The molecule has 0 aliphatic carbocycles. The Bertz CT molecular complexity index is 871. The molecule has 1 N–H and O–H groups in total. The van der Waals surface area contributed by atoms with Gasteiger partial charge in [-0.25, -0.2) is 4.79 Å². The molecule has 2 aromatic rings. The van der Waals surface area contributed by atoms with Crippen LogP contribution in [0, 0.1) is 6.92 Å². The maximum atomic E-state index is 12.8. The van der Waals surface area contributed by atoms with Crippen molar-refractivity contribution in [3.05, 3.63) is 81.5 Å². The molecule has 0 spiro atoms. The lowest BCUT2D eigenvalue weighted by atomic mass is 9.84. The van der Waals surface area contributed by atoms with Crippen LogP contribution >= 0.6 is 11.6 Å². The van der Waals surface area contributed by atoms with Crippen molar-refractivity contribution in [1.82, 2.24) is 5.32 Å². The maximum Gasteiger partial charge on any atom is 0.336 e. The standard InChI is InChI=1S/C21H20ClNO3/c1-13-6-8-15(9-7-13)12-26-21(25)20-14(2)23-19(24)11-18(20)16-4-3-5-17(22)10-16/h3-10,18H,11-12H2,1-2H3,(H,23,24)/t18-/m1/s1. The summed E-state index contributed by atoms with van der Waals surface area (Å²) in [6, 6.07) is 15.0. The van der Waals surface area contributed by atoms with Crippen LogP contribution in [0.4, 0.5) is 0 Å². The number of hydrogen-bond acceptors (Lipinski definition) is 3. The normalized spacial score (nSPS) is 17.0. The van der Waals surface area contributed by atoms with Crippen molar-refractivity contribution >= 4 is 23.5 Å². The van der Waals surface area contributed by atoms with Gasteiger partial charge in [0.05, 0.1) is 5.57 Å². The average Bonchev–Trinajstić information content (AvgIpc) is 2.60. The van der Waals surface area contributed by atoms with E-state index in [0.29, 0.717) is 16.3 Å². The molecule has 2 aromatic carbocycles. The van der Waals surface area contributed by atoms with Crippen LogP contribution in [0.15, 0.2) is 59.8 Å². The Kier molecular flexibility index (Phi) is 5.43. The Morgan fingerprint density at radius 2 is 1.92 bits per heavy atom. The van der Waals surface area contributed by atoms with Gasteiger partial charge >= 0.3 is 5.97 Å². The van der Waals surface area contributed by atoms with Gasteiger partial charge in [-0.3, -0.25) is 4.79 Å². The van der Waals surface area contributed by atoms with Gasteiger partial charge in [0.2, 0.25) is 5.91 Å². The van der Waals surface area contributed by atoms with Gasteiger partial charge < -0.3 is 10.1 Å². The van der Waals surface area contributed by atoms with Crippen LogP contribution in [0.5, 0.6) is 0 Å². The van der Waals surface area contributed by atoms with Gasteiger partial charge in [-0.1, -0.05) is 53.6 Å². The van der Waals surface area contributed by atoms with Crippen LogP contribution < -0.4 is 5.32 Å². The van der Waals surface area contributed by atoms with Crippen LogP contribution in [0.25, 0.3) is 0 Å². The van der Waals surface area contributed by atoms with Crippen LogP contribution in [-0.4, -0.2) is 11.9 Å². The summed E-state index contributed by atoms with van der Waals surface area (Å²) >= 11 is 6.09. The number of esters is 1. The minimum Gasteiger partial charge on any atom is -0.457 e. The molecule has 1 aliphatic heterocycles. The maximum absolute atomic E-state index is 12.8. The Hall–Kier alpha value is -2.59. The van der Waals surface area contributed by atoms with Crippen LogP contribution in [0.1, 0.15) is 36.0 Å². The number of carbonyl (C=O) groups is 2. The Labute approximate surface area is 157 Å². The second-order valence-corrected chi connectivity index (χ2v) is 6.90. The van der Waals surface area contributed by atoms with Crippen molar-refractivity contribution in [2.24, 2.45) is 0 Å². The Morgan fingerprint density at radius 1 is 1.19 bits per heavy atom. The molecule has 1 atom stereocenters. The number of nitrogens with one attached hydrogen (secondary N) is 1. The monoisotopic (exact) mass is 369 g/mol. The van der Waals surface area contributed by atoms with E-state index in [0.717, 1.165) is 16.7 Å². The van der Waals surface area contributed by atoms with Crippen molar-refractivity contribution in [2.75, 3.05) is 0 Å². The van der Waals surface area contributed by atoms with Crippen molar-refractivity contribution in [3.63, 3.8) is 0 Å². The summed E-state index contributed by atoms with van der Waals surface area (Å²) in [5.74, 6) is -0.913. The lowest BCUT2D eigenvalue weighted by Crippen LogP contribution is -2.34. The molecule has 0 fully saturated rings. The largest absolute Gasteiger partial charge is 0.457 e. The van der Waals surface area contributed by atoms with Crippen molar-refractivity contribution in [1.29, 1.82) is 0 Å². The third kappa shape index (κ3) is 4.14. The molecule has 0 saturated carbocycles. The number of hydrogen-bond donors (Lipinski definition) is 1. The second kappa shape index (κ2) is 7.75. The predicted octanol–water partition coefficient (Wildman–Crippen LogP) is 4.27. The van der Waals surface area contributed by atoms with E-state index in [1.807, 2.05) is 43.3 Å². The van der Waals surface area contributed by atoms with Gasteiger partial charge in [-0.2, -0.15) is 0 Å². The first-order valence-electron chi connectivity index (χ1n) is 8.43. The molecule has 1 amide bonds. The first-order valence-corrected chi connectivity index (χ1v) is 8.80. The minimum absolute atomic E-state index is 0.123. The van der Waals surface area contributed by atoms with E-state index in [1.165, 1.54) is 0 Å². The second-order valence-electron chi connectivity index (χ2n) is 6.46. The highest BCUT2D eigenvalue weighted by Crippen LogP contribution is 2.34. The van der Waals surface area contributed by atoms with Gasteiger partial charge in [-0.15, -0.1) is 0 Å². The molecule has 3 rings (SSSR count). The lowest BCUT2D eigenvalue weighted by molar-refractivity contribution is -0.141. The van der Waals surface area contributed by atoms with Crippen LogP contribution in [-0.2, 0) is 20.9 Å². The molecule has 0 radical (unpaired) electrons. The van der Waals surface area contributed by atoms with Crippen molar-refractivity contribution in [2.45, 2.75) is 32.8 Å². The van der Waals surface area contributed by atoms with E-state index in [1.54, 1.807) is 19.1 Å². The van der Waals surface area contributed by atoms with Crippen molar-refractivity contribution in [3.8, 4) is 0 Å². The van der Waals surface area contributed by atoms with E-state index in [-0.39, 0.29) is 24.9 Å². The van der Waals surface area contributed by atoms with E-state index >= 15 is 0 Å². The number of amides is 1. The number of rotatable bonds is 4. The molecule has 0 unspecified atom stereocenters. The molecule has 26 heavy (non-hydrogen) atoms. The van der Waals surface area contributed by atoms with Crippen LogP contribution in [0.3, 0.4) is 0 Å². The molecule has 5 heteroatoms. The molecule has 0 aromatic heterocycles. The lowest BCUT2D eigenvalue weighted by Gasteiger charge is -2.26. The van der Waals surface area contributed by atoms with E-state index in [9.17, 15) is 9.59 Å². The number of halogens is 1. The molecule has 4 nitrogen and oxygen atoms in total. The van der Waals surface area contributed by atoms with Gasteiger partial charge in [0, 0.05) is 23.1 Å². The topological polar surface area (TPSA) is 55.4 Å². The highest BCUT2D eigenvalue weighted by Gasteiger charge is 2.32. The zero-order valence-electron chi connectivity index (χ0n) is 14.7. The molecule has 134 valence electrons. The number of carbonyl (C=O) groups excluding carboxylic acids is 2. The molecule has 1 aliphatic rings. The summed E-state index contributed by atoms with van der Waals surface area (Å²) in [5.41, 5.74) is 3.89. The zero-order valence-corrected chi connectivity index (χ0v) is 15.5. The number of allylic oxidation sites excluding steroid dienone is 1. The number of benzene rings is 2. The molecule has 0 saturated heterocycles. The minimum atomic E-state index is -0.423. The van der Waals surface area contributed by atoms with Gasteiger partial charge in [-0.05, 0) is 37.1 Å². The highest BCUT2D eigenvalue weighted by molar-refractivity contribution is 6.30. The van der Waals surface area contributed by atoms with Crippen molar-refractivity contribution < 1.29 is 14.3 Å². The molecular weight excluding hydrogens is 350 g/mol. The summed E-state index contributed by atoms with van der Waals surface area (Å²) in [6.45, 7) is 3.91. The summed E-state index contributed by atoms with van der Waals surface area (Å²) in [6.07, 6.45) is 0.187. The first kappa shape index (κ1) is 18.2. The summed E-state index contributed by atoms with van der Waals surface area (Å²) in [5, 5.41) is 3.31. The van der Waals surface area contributed by atoms with Gasteiger partial charge in [0.25, 0.3) is 0 Å². The highest BCUT2D eigenvalue weighted by atomic mass is 35.5. The number of aryl methyl sites for hydroxylation is 1. The summed E-state index contributed by atoms with van der Waals surface area (Å²) < 4.78 is 5.51. The van der Waals surface area contributed by atoms with E-state index in [2.05, 4.69) is 5.32 Å². The number of ether oxygens (including phenoxy) is 1. The SMILES string of the molecule is CC1=C(C(=O)OCc2ccc(C)cc2)[C@@H](c2cccc(Cl)c2)CC(=O)N1. The third-order valence-electron chi connectivity index (χ3n) is 4.43. The molecule has 1 heterocycles. The smallest absolute Gasteiger partial charge is 0.336 e. The Morgan fingerprint density at radius 3 is 2.62 bits per heavy atom. The fourth-order valence-corrected chi connectivity index (χ4v) is 3.29. The summed E-state index contributed by atoms with van der Waals surface area (Å²) in [4.78, 5) is 24.8. The molecular formula is C21H20ClNO3. The van der Waals surface area contributed by atoms with E-state index < -0.39 is 5.97 Å². The van der Waals surface area contributed by atoms with Gasteiger partial charge in [0.1, 0.15) is 6.61 Å². The summed E-state index contributed by atoms with van der Waals surface area (Å²) in [7, 11) is 0. The third-order valence-corrected chi connectivity index (χ3v) is 4.67. The quantitative estimate of drug-likeness (QED) is 0.819. The predicted molar refractivity (Wildman–Crippen MR) is 101 cm³/mol. The fraction of sp³-hybridized carbons (Fsp3) is 0.238.